The van der Waals surface area contributed by atoms with Crippen LogP contribution in [0.2, 0.25) is 0 Å². The van der Waals surface area contributed by atoms with Gasteiger partial charge >= 0.3 is 5.97 Å². The van der Waals surface area contributed by atoms with Gasteiger partial charge in [0.25, 0.3) is 0 Å². The highest BCUT2D eigenvalue weighted by Gasteiger charge is 2.48. The third kappa shape index (κ3) is 3.59. The van der Waals surface area contributed by atoms with Gasteiger partial charge in [-0.25, -0.2) is 19.3 Å². The highest BCUT2D eigenvalue weighted by atomic mass is 79.9. The maximum absolute atomic E-state index is 15.1. The van der Waals surface area contributed by atoms with Crippen molar-refractivity contribution in [3.63, 3.8) is 0 Å². The molecule has 2 bridgehead atoms. The summed E-state index contributed by atoms with van der Waals surface area (Å²) in [6, 6.07) is -0.183. The maximum atomic E-state index is 15.1. The van der Waals surface area contributed by atoms with Crippen molar-refractivity contribution in [2.24, 2.45) is 17.8 Å². The van der Waals surface area contributed by atoms with Crippen molar-refractivity contribution >= 4 is 39.1 Å². The average molecular weight is 455 g/mol. The van der Waals surface area contributed by atoms with Crippen LogP contribution in [-0.2, 0) is 9.53 Å². The number of esters is 1. The van der Waals surface area contributed by atoms with Crippen molar-refractivity contribution in [2.45, 2.75) is 38.6 Å². The Kier molecular flexibility index (Phi) is 5.41. The first-order chi connectivity index (χ1) is 13.1. The molecule has 0 radical (unpaired) electrons. The van der Waals surface area contributed by atoms with E-state index in [0.717, 1.165) is 25.7 Å². The first-order valence-electron chi connectivity index (χ1n) is 9.14. The minimum absolute atomic E-state index is 0.105. The van der Waals surface area contributed by atoms with Gasteiger partial charge in [0.15, 0.2) is 16.4 Å². The Hall–Kier alpha value is -1.61. The van der Waals surface area contributed by atoms with Gasteiger partial charge in [0.1, 0.15) is 10.7 Å². The second-order valence-electron chi connectivity index (χ2n) is 6.96. The van der Waals surface area contributed by atoms with Crippen molar-refractivity contribution in [3.05, 3.63) is 22.1 Å². The maximum Gasteiger partial charge on any atom is 0.311 e. The zero-order valence-corrected chi connectivity index (χ0v) is 17.2. The van der Waals surface area contributed by atoms with Crippen LogP contribution in [0.15, 0.2) is 16.3 Å². The molecule has 0 saturated heterocycles. The molecule has 0 aliphatic heterocycles. The molecule has 0 unspecified atom stereocenters. The molecular weight excluding hydrogens is 435 g/mol. The Morgan fingerprint density at radius 1 is 1.33 bits per heavy atom. The predicted molar refractivity (Wildman–Crippen MR) is 104 cm³/mol. The molecule has 2 aromatic rings. The van der Waals surface area contributed by atoms with E-state index in [9.17, 15) is 4.79 Å². The Balaban J connectivity index is 1.67. The number of anilines is 1. The topological polar surface area (TPSA) is 77.0 Å². The van der Waals surface area contributed by atoms with Gasteiger partial charge in [-0.2, -0.15) is 0 Å². The van der Waals surface area contributed by atoms with Crippen LogP contribution in [-0.4, -0.2) is 33.6 Å². The van der Waals surface area contributed by atoms with Gasteiger partial charge in [0.05, 0.1) is 12.5 Å². The van der Waals surface area contributed by atoms with E-state index in [2.05, 4.69) is 36.2 Å². The van der Waals surface area contributed by atoms with Gasteiger partial charge in [-0.3, -0.25) is 4.79 Å². The summed E-state index contributed by atoms with van der Waals surface area (Å²) in [5.41, 5.74) is 0.156. The van der Waals surface area contributed by atoms with Gasteiger partial charge in [-0.05, 0) is 60.4 Å². The number of hydrogen-bond acceptors (Lipinski definition) is 7. The summed E-state index contributed by atoms with van der Waals surface area (Å²) >= 11 is 4.58. The fourth-order valence-corrected chi connectivity index (χ4v) is 5.36. The first kappa shape index (κ1) is 18.7. The van der Waals surface area contributed by atoms with E-state index >= 15 is 4.39 Å². The number of ether oxygens (including phenoxy) is 1. The number of thiazole rings is 1. The van der Waals surface area contributed by atoms with E-state index in [4.69, 9.17) is 4.74 Å². The van der Waals surface area contributed by atoms with Crippen LogP contribution in [0.3, 0.4) is 0 Å². The van der Waals surface area contributed by atoms with Crippen LogP contribution in [0.4, 0.5) is 10.2 Å². The minimum Gasteiger partial charge on any atom is -0.466 e. The Morgan fingerprint density at radius 3 is 2.74 bits per heavy atom. The smallest absolute Gasteiger partial charge is 0.311 e. The molecule has 6 nitrogen and oxygen atoms in total. The Bertz CT molecular complexity index is 827. The van der Waals surface area contributed by atoms with Gasteiger partial charge in [0, 0.05) is 17.6 Å². The Morgan fingerprint density at radius 2 is 2.07 bits per heavy atom. The Labute approximate surface area is 169 Å². The molecule has 2 heterocycles. The summed E-state index contributed by atoms with van der Waals surface area (Å²) in [5, 5.41) is 5.50. The fourth-order valence-electron chi connectivity index (χ4n) is 4.39. The predicted octanol–water partition coefficient (Wildman–Crippen LogP) is 4.28. The summed E-state index contributed by atoms with van der Waals surface area (Å²) in [4.78, 5) is 25.1. The quantitative estimate of drug-likeness (QED) is 0.536. The molecule has 9 heteroatoms. The number of hydrogen-bond donors (Lipinski definition) is 1. The SMILES string of the molecule is CCOC(=O)[C@H]1C2CCC(CC2)[C@@H]1Nc1nc(Br)nc(-c2nccs2)c1F. The molecule has 144 valence electrons. The number of carbonyl (C=O) groups excluding carboxylic acids is 1. The van der Waals surface area contributed by atoms with E-state index in [1.54, 1.807) is 11.6 Å². The number of nitrogens with zero attached hydrogens (tertiary/aromatic N) is 3. The van der Waals surface area contributed by atoms with Crippen LogP contribution in [0.25, 0.3) is 10.7 Å². The summed E-state index contributed by atoms with van der Waals surface area (Å²) in [7, 11) is 0. The number of carbonyl (C=O) groups is 1. The molecule has 27 heavy (non-hydrogen) atoms. The molecule has 5 rings (SSSR count). The van der Waals surface area contributed by atoms with Crippen LogP contribution in [0.1, 0.15) is 32.6 Å². The zero-order chi connectivity index (χ0) is 19.0. The molecule has 2 aromatic heterocycles. The fraction of sp³-hybridized carbons (Fsp3) is 0.556. The number of halogens is 2. The lowest BCUT2D eigenvalue weighted by atomic mass is 9.61. The second-order valence-corrected chi connectivity index (χ2v) is 8.57. The summed E-state index contributed by atoms with van der Waals surface area (Å²) in [5.74, 6) is -0.322. The molecule has 3 saturated carbocycles. The number of fused-ring (bicyclic) bond motifs is 3. The van der Waals surface area contributed by atoms with E-state index < -0.39 is 5.82 Å². The molecule has 2 atom stereocenters. The molecule has 1 N–H and O–H groups in total. The highest BCUT2D eigenvalue weighted by molar-refractivity contribution is 9.10. The first-order valence-corrected chi connectivity index (χ1v) is 10.8. The summed E-state index contributed by atoms with van der Waals surface area (Å²) in [6.07, 6.45) is 5.72. The van der Waals surface area contributed by atoms with Crippen molar-refractivity contribution < 1.29 is 13.9 Å². The monoisotopic (exact) mass is 454 g/mol. The number of nitrogens with one attached hydrogen (secondary N) is 1. The lowest BCUT2D eigenvalue weighted by molar-refractivity contribution is -0.154. The molecule has 0 aromatic carbocycles. The largest absolute Gasteiger partial charge is 0.466 e. The van der Waals surface area contributed by atoms with E-state index in [-0.39, 0.29) is 40.1 Å². The van der Waals surface area contributed by atoms with Crippen molar-refractivity contribution in [3.8, 4) is 10.7 Å². The zero-order valence-electron chi connectivity index (χ0n) is 14.8. The lowest BCUT2D eigenvalue weighted by Crippen LogP contribution is -2.52. The standard InChI is InChI=1S/C18H20BrFN4O2S/c1-2-26-17(25)11-9-3-5-10(6-4-9)13(11)22-15-12(20)14(23-18(19)24-15)16-21-7-8-27-16/h7-11,13H,2-6H2,1H3,(H,22,23,24)/t9?,10?,11-,13-/m0/s1. The lowest BCUT2D eigenvalue weighted by Gasteiger charge is -2.47. The van der Waals surface area contributed by atoms with Gasteiger partial charge < -0.3 is 10.1 Å². The molecule has 3 aliphatic rings. The summed E-state index contributed by atoms with van der Waals surface area (Å²) in [6.45, 7) is 2.16. The van der Waals surface area contributed by atoms with Gasteiger partial charge in [-0.1, -0.05) is 0 Å². The number of aromatic nitrogens is 3. The van der Waals surface area contributed by atoms with Crippen molar-refractivity contribution in [2.75, 3.05) is 11.9 Å². The minimum atomic E-state index is -0.544. The van der Waals surface area contributed by atoms with Crippen LogP contribution >= 0.6 is 27.3 Å². The van der Waals surface area contributed by atoms with E-state index in [1.165, 1.54) is 11.3 Å². The summed E-state index contributed by atoms with van der Waals surface area (Å²) < 4.78 is 20.7. The second kappa shape index (κ2) is 7.79. The normalized spacial score (nSPS) is 26.8. The average Bonchev–Trinajstić information content (AvgIpc) is 3.20. The van der Waals surface area contributed by atoms with E-state index in [0.29, 0.717) is 17.5 Å². The molecule has 3 aliphatic carbocycles. The van der Waals surface area contributed by atoms with Crippen LogP contribution in [0.5, 0.6) is 0 Å². The molecular formula is C18H20BrFN4O2S. The molecule has 3 fully saturated rings. The van der Waals surface area contributed by atoms with E-state index in [1.807, 2.05) is 6.92 Å². The van der Waals surface area contributed by atoms with Crippen LogP contribution < -0.4 is 5.32 Å². The van der Waals surface area contributed by atoms with Crippen LogP contribution in [0, 0.1) is 23.6 Å². The number of rotatable bonds is 5. The highest BCUT2D eigenvalue weighted by Crippen LogP contribution is 2.47. The molecule has 0 spiro atoms. The van der Waals surface area contributed by atoms with Gasteiger partial charge in [0.2, 0.25) is 0 Å². The van der Waals surface area contributed by atoms with Crippen molar-refractivity contribution in [1.82, 2.24) is 15.0 Å². The van der Waals surface area contributed by atoms with Crippen molar-refractivity contribution in [1.29, 1.82) is 0 Å². The molecule has 0 amide bonds. The third-order valence-corrected chi connectivity index (χ3v) is 6.67. The third-order valence-electron chi connectivity index (χ3n) is 5.54. The van der Waals surface area contributed by atoms with Gasteiger partial charge in [-0.15, -0.1) is 11.3 Å².